The van der Waals surface area contributed by atoms with Gasteiger partial charge in [0.2, 0.25) is 0 Å². The molecule has 1 amide bonds. The number of carbonyl (C=O) groups is 1. The van der Waals surface area contributed by atoms with Gasteiger partial charge in [-0.05, 0) is 18.6 Å². The predicted molar refractivity (Wildman–Crippen MR) is 87.1 cm³/mol. The van der Waals surface area contributed by atoms with Crippen molar-refractivity contribution in [2.24, 2.45) is 0 Å². The van der Waals surface area contributed by atoms with Crippen molar-refractivity contribution in [3.8, 4) is 0 Å². The second-order valence-corrected chi connectivity index (χ2v) is 7.08. The number of amides is 1. The number of nitro groups is 1. The lowest BCUT2D eigenvalue weighted by atomic mass is 9.89. The Labute approximate surface area is 192 Å². The molecule has 37 heavy (non-hydrogen) atoms. The second-order valence-electron chi connectivity index (χ2n) is 7.08. The molecule has 0 saturated heterocycles. The van der Waals surface area contributed by atoms with Crippen LogP contribution in [-0.2, 0) is 4.79 Å². The van der Waals surface area contributed by atoms with Crippen LogP contribution in [0.3, 0.4) is 0 Å². The van der Waals surface area contributed by atoms with Crippen molar-refractivity contribution in [1.82, 2.24) is 0 Å². The number of carbonyl (C=O) groups excluding carboxylic acids is 1. The topological polar surface area (TPSA) is 72.2 Å². The lowest BCUT2D eigenvalue weighted by molar-refractivity contribution is -0.443. The summed E-state index contributed by atoms with van der Waals surface area (Å²) >= 11 is 0. The van der Waals surface area contributed by atoms with E-state index in [-0.39, 0.29) is 0 Å². The highest BCUT2D eigenvalue weighted by atomic mass is 19.4. The molecule has 0 bridgehead atoms. The molecule has 21 heteroatoms. The van der Waals surface area contributed by atoms with E-state index in [2.05, 4.69) is 0 Å². The average molecular weight is 580 g/mol. The first-order chi connectivity index (χ1) is 16.2. The Hall–Kier alpha value is -3.03. The minimum absolute atomic E-state index is 0.341. The maximum absolute atomic E-state index is 13.9. The average Bonchev–Trinajstić information content (AvgIpc) is 2.73. The van der Waals surface area contributed by atoms with Gasteiger partial charge in [-0.3, -0.25) is 14.9 Å². The molecule has 0 saturated carbocycles. The molecule has 0 aliphatic rings. The van der Waals surface area contributed by atoms with Crippen molar-refractivity contribution in [3.05, 3.63) is 33.9 Å². The number of alkyl halides is 16. The summed E-state index contributed by atoms with van der Waals surface area (Å²) in [5, 5.41) is 11.3. The van der Waals surface area contributed by atoms with E-state index in [9.17, 15) is 85.2 Å². The molecule has 0 atom stereocenters. The van der Waals surface area contributed by atoms with Crippen LogP contribution in [0.15, 0.2) is 18.2 Å². The van der Waals surface area contributed by atoms with Crippen molar-refractivity contribution in [1.29, 1.82) is 0 Å². The summed E-state index contributed by atoms with van der Waals surface area (Å²) in [5.41, 5.74) is -2.50. The van der Waals surface area contributed by atoms with Crippen LogP contribution in [0, 0.1) is 17.0 Å². The van der Waals surface area contributed by atoms with Gasteiger partial charge in [-0.15, -0.1) is 0 Å². The lowest BCUT2D eigenvalue weighted by Gasteiger charge is -2.42. The summed E-state index contributed by atoms with van der Waals surface area (Å²) < 4.78 is 213. The molecule has 1 N–H and O–H groups in total. The van der Waals surface area contributed by atoms with E-state index in [1.807, 2.05) is 0 Å². The molecule has 1 aromatic rings. The van der Waals surface area contributed by atoms with Crippen molar-refractivity contribution in [3.63, 3.8) is 0 Å². The molecule has 0 heterocycles. The molecule has 1 aromatic carbocycles. The van der Waals surface area contributed by atoms with Gasteiger partial charge in [-0.1, -0.05) is 0 Å². The van der Waals surface area contributed by atoms with Crippen LogP contribution in [0.4, 0.5) is 81.6 Å². The number of anilines is 1. The van der Waals surface area contributed by atoms with E-state index in [0.717, 1.165) is 12.2 Å². The number of hydrogen-bond donors (Lipinski definition) is 1. The van der Waals surface area contributed by atoms with Crippen LogP contribution in [0.1, 0.15) is 5.56 Å². The number of halogens is 16. The summed E-state index contributed by atoms with van der Waals surface area (Å²) in [5.74, 6) is -60.4. The number of nitrogens with one attached hydrogen (secondary N) is 1. The van der Waals surface area contributed by atoms with Crippen LogP contribution in [0.2, 0.25) is 0 Å². The smallest absolute Gasteiger partial charge is 0.320 e. The first-order valence-electron chi connectivity index (χ1n) is 8.65. The molecule has 0 spiro atoms. The molecule has 0 aliphatic carbocycles. The monoisotopic (exact) mass is 580 g/mol. The van der Waals surface area contributed by atoms with E-state index in [1.165, 1.54) is 0 Å². The van der Waals surface area contributed by atoms with Gasteiger partial charge in [0.15, 0.2) is 0 Å². The van der Waals surface area contributed by atoms with Crippen molar-refractivity contribution >= 4 is 17.3 Å². The number of aryl methyl sites for hydroxylation is 1. The number of nitrogens with zero attached hydrogens (tertiary/aromatic N) is 1. The van der Waals surface area contributed by atoms with Gasteiger partial charge >= 0.3 is 53.8 Å². The van der Waals surface area contributed by atoms with E-state index >= 15 is 0 Å². The predicted octanol–water partition coefficient (Wildman–Crippen LogP) is 6.55. The highest BCUT2D eigenvalue weighted by Gasteiger charge is 2.94. The number of rotatable bonds is 10. The number of nitro benzene ring substituents is 1. The van der Waals surface area contributed by atoms with Gasteiger partial charge in [-0.25, -0.2) is 8.78 Å². The minimum Gasteiger partial charge on any atom is -0.320 e. The second kappa shape index (κ2) is 9.07. The van der Waals surface area contributed by atoms with E-state index in [1.54, 1.807) is 0 Å². The molecular weight excluding hydrogens is 572 g/mol. The van der Waals surface area contributed by atoms with Crippen molar-refractivity contribution in [2.75, 3.05) is 5.32 Å². The minimum atomic E-state index is -8.63. The molecule has 0 unspecified atom stereocenters. The van der Waals surface area contributed by atoms with Gasteiger partial charge < -0.3 is 5.32 Å². The van der Waals surface area contributed by atoms with Gasteiger partial charge in [0.1, 0.15) is 0 Å². The van der Waals surface area contributed by atoms with Gasteiger partial charge in [0.25, 0.3) is 5.69 Å². The summed E-state index contributed by atoms with van der Waals surface area (Å²) in [7, 11) is 0. The van der Waals surface area contributed by atoms with E-state index in [0.29, 0.717) is 18.2 Å². The van der Waals surface area contributed by atoms with Crippen LogP contribution < -0.4 is 5.32 Å². The molecule has 1 rings (SSSR count). The van der Waals surface area contributed by atoms with E-state index < -0.39 is 75.7 Å². The standard InChI is InChI=1S/C16H8F16N2O3/c1-5-4-6(34(36)37)2-3-7(5)33-9(35)11(21,22)13(25,26)15(29,30)16(31,32)14(27,28)12(23,24)10(19,20)8(17)18/h2-4,8H,1H3,(H,33,35). The Bertz CT molecular complexity index is 1060. The van der Waals surface area contributed by atoms with E-state index in [4.69, 9.17) is 0 Å². The molecule has 0 aliphatic heterocycles. The molecule has 0 fully saturated rings. The first-order valence-corrected chi connectivity index (χ1v) is 8.65. The molecule has 212 valence electrons. The lowest BCUT2D eigenvalue weighted by Crippen LogP contribution is -2.74. The summed E-state index contributed by atoms with van der Waals surface area (Å²) in [4.78, 5) is 21.0. The molecule has 0 radical (unpaired) electrons. The van der Waals surface area contributed by atoms with Crippen LogP contribution in [0.25, 0.3) is 0 Å². The largest absolute Gasteiger partial charge is 0.393 e. The fraction of sp³-hybridized carbons (Fsp3) is 0.562. The molecule has 0 aromatic heterocycles. The fourth-order valence-electron chi connectivity index (χ4n) is 2.38. The Morgan fingerprint density at radius 1 is 0.784 bits per heavy atom. The third-order valence-corrected chi connectivity index (χ3v) is 4.62. The Morgan fingerprint density at radius 2 is 1.19 bits per heavy atom. The van der Waals surface area contributed by atoms with Crippen molar-refractivity contribution in [2.45, 2.75) is 54.8 Å². The maximum atomic E-state index is 13.9. The first kappa shape index (κ1) is 32.0. The van der Waals surface area contributed by atoms with Crippen molar-refractivity contribution < 1.29 is 80.0 Å². The Kier molecular flexibility index (Phi) is 7.84. The zero-order valence-corrected chi connectivity index (χ0v) is 17.0. The summed E-state index contributed by atoms with van der Waals surface area (Å²) in [6, 6.07) is 1.25. The van der Waals surface area contributed by atoms with Gasteiger partial charge in [0.05, 0.1) is 4.92 Å². The number of benzene rings is 1. The normalized spacial score (nSPS) is 14.6. The Balaban J connectivity index is 3.55. The zero-order chi connectivity index (χ0) is 29.8. The van der Waals surface area contributed by atoms with Crippen LogP contribution in [0.5, 0.6) is 0 Å². The zero-order valence-electron chi connectivity index (χ0n) is 17.0. The molecule has 5 nitrogen and oxygen atoms in total. The summed E-state index contributed by atoms with van der Waals surface area (Å²) in [6.45, 7) is 0.771. The summed E-state index contributed by atoms with van der Waals surface area (Å²) in [6.07, 6.45) is -5.96. The van der Waals surface area contributed by atoms with Gasteiger partial charge in [0, 0.05) is 17.8 Å². The third-order valence-electron chi connectivity index (χ3n) is 4.62. The van der Waals surface area contributed by atoms with Crippen LogP contribution >= 0.6 is 0 Å². The molecular formula is C16H8F16N2O3. The maximum Gasteiger partial charge on any atom is 0.393 e. The third kappa shape index (κ3) is 4.48. The SMILES string of the molecule is Cc1cc([N+](=O)[O-])ccc1NC(=O)C(F)(F)C(F)(F)C(F)(F)C(F)(F)C(F)(F)C(F)(F)C(F)(F)C(F)F. The Morgan fingerprint density at radius 3 is 1.57 bits per heavy atom. The number of hydrogen-bond acceptors (Lipinski definition) is 3. The van der Waals surface area contributed by atoms with Gasteiger partial charge in [-0.2, -0.15) is 61.5 Å². The fourth-order valence-corrected chi connectivity index (χ4v) is 2.38. The highest BCUT2D eigenvalue weighted by Crippen LogP contribution is 2.62. The highest BCUT2D eigenvalue weighted by molar-refractivity contribution is 5.97. The number of non-ortho nitro benzene ring substituents is 1. The quantitative estimate of drug-likeness (QED) is 0.194. The van der Waals surface area contributed by atoms with Crippen LogP contribution in [-0.4, -0.2) is 58.7 Å².